The maximum Gasteiger partial charge on any atom is 0.0969 e. The molecular weight excluding hydrogens is 328 g/mol. The molecule has 25 heavy (non-hydrogen) atoms. The van der Waals surface area contributed by atoms with Crippen molar-refractivity contribution in [3.63, 3.8) is 0 Å². The summed E-state index contributed by atoms with van der Waals surface area (Å²) in [5, 5.41) is 5.57. The highest BCUT2D eigenvalue weighted by Crippen LogP contribution is 2.52. The summed E-state index contributed by atoms with van der Waals surface area (Å²) in [7, 11) is 1.95. The van der Waals surface area contributed by atoms with Crippen molar-refractivity contribution >= 4 is 21.6 Å². The van der Waals surface area contributed by atoms with Crippen LogP contribution >= 0.6 is 11.3 Å². The third-order valence-electron chi connectivity index (χ3n) is 5.82. The van der Waals surface area contributed by atoms with Gasteiger partial charge >= 0.3 is 0 Å². The van der Waals surface area contributed by atoms with Gasteiger partial charge in [0.2, 0.25) is 0 Å². The van der Waals surface area contributed by atoms with Gasteiger partial charge in [0.25, 0.3) is 0 Å². The molecule has 4 rings (SSSR count). The van der Waals surface area contributed by atoms with E-state index >= 15 is 0 Å². The van der Waals surface area contributed by atoms with Gasteiger partial charge in [0.05, 0.1) is 21.4 Å². The summed E-state index contributed by atoms with van der Waals surface area (Å²) in [5.74, 6) is 1.40. The molecule has 2 heterocycles. The summed E-state index contributed by atoms with van der Waals surface area (Å²) in [4.78, 5) is 4.91. The average Bonchev–Trinajstić information content (AvgIpc) is 3.10. The van der Waals surface area contributed by atoms with Gasteiger partial charge in [-0.2, -0.15) is 5.10 Å². The summed E-state index contributed by atoms with van der Waals surface area (Å²) in [5.41, 5.74) is 9.63. The van der Waals surface area contributed by atoms with Gasteiger partial charge in [0.15, 0.2) is 0 Å². The Bertz CT molecular complexity index is 886. The van der Waals surface area contributed by atoms with Crippen molar-refractivity contribution in [2.45, 2.75) is 39.0 Å². The van der Waals surface area contributed by atoms with Crippen molar-refractivity contribution in [2.24, 2.45) is 24.1 Å². The highest BCUT2D eigenvalue weighted by molar-refractivity contribution is 7.18. The molecule has 5 heteroatoms. The smallest absolute Gasteiger partial charge is 0.0969 e. The lowest BCUT2D eigenvalue weighted by Gasteiger charge is -2.45. The molecule has 1 aliphatic rings. The molecule has 1 aromatic carbocycles. The Morgan fingerprint density at radius 1 is 1.28 bits per heavy atom. The van der Waals surface area contributed by atoms with E-state index in [1.807, 2.05) is 29.3 Å². The molecule has 132 valence electrons. The summed E-state index contributed by atoms with van der Waals surface area (Å²) >= 11 is 1.86. The van der Waals surface area contributed by atoms with Crippen LogP contribution < -0.4 is 5.73 Å². The maximum atomic E-state index is 5.78. The SMILES string of the molecule is Cn1cc(-c2ccc3nc(C4CC(C(C)(C)CCN)C4)sc3c2)cn1. The van der Waals surface area contributed by atoms with Crippen molar-refractivity contribution in [1.29, 1.82) is 0 Å². The normalized spacial score (nSPS) is 20.8. The zero-order valence-corrected chi connectivity index (χ0v) is 16.0. The number of hydrogen-bond donors (Lipinski definition) is 1. The number of aromatic nitrogens is 3. The number of aryl methyl sites for hydroxylation is 1. The molecule has 2 N–H and O–H groups in total. The van der Waals surface area contributed by atoms with Gasteiger partial charge in [-0.1, -0.05) is 19.9 Å². The van der Waals surface area contributed by atoms with Gasteiger partial charge < -0.3 is 5.73 Å². The van der Waals surface area contributed by atoms with E-state index in [9.17, 15) is 0 Å². The highest BCUT2D eigenvalue weighted by atomic mass is 32.1. The molecule has 0 bridgehead atoms. The predicted molar refractivity (Wildman–Crippen MR) is 105 cm³/mol. The highest BCUT2D eigenvalue weighted by Gasteiger charge is 2.41. The molecule has 0 aliphatic heterocycles. The summed E-state index contributed by atoms with van der Waals surface area (Å²) in [6.07, 6.45) is 7.58. The lowest BCUT2D eigenvalue weighted by Crippen LogP contribution is -2.36. The van der Waals surface area contributed by atoms with Crippen molar-refractivity contribution in [3.05, 3.63) is 35.6 Å². The Labute approximate surface area is 153 Å². The second-order valence-corrected chi connectivity index (χ2v) is 9.09. The summed E-state index contributed by atoms with van der Waals surface area (Å²) in [6, 6.07) is 6.55. The lowest BCUT2D eigenvalue weighted by molar-refractivity contribution is 0.0915. The Balaban J connectivity index is 1.53. The fourth-order valence-corrected chi connectivity index (χ4v) is 5.03. The molecule has 1 aliphatic carbocycles. The van der Waals surface area contributed by atoms with E-state index in [4.69, 9.17) is 10.7 Å². The van der Waals surface area contributed by atoms with Crippen molar-refractivity contribution < 1.29 is 0 Å². The van der Waals surface area contributed by atoms with Crippen molar-refractivity contribution in [3.8, 4) is 11.1 Å². The van der Waals surface area contributed by atoms with Crippen LogP contribution in [0.5, 0.6) is 0 Å². The van der Waals surface area contributed by atoms with Crippen LogP contribution in [0.3, 0.4) is 0 Å². The molecular formula is C20H26N4S. The Morgan fingerprint density at radius 3 is 2.76 bits per heavy atom. The standard InChI is InChI=1S/C20H26N4S/c1-20(2,6-7-21)16-8-14(9-16)19-23-17-5-4-13(10-18(17)25-19)15-11-22-24(3)12-15/h4-5,10-12,14,16H,6-9,21H2,1-3H3. The molecule has 4 nitrogen and oxygen atoms in total. The number of fused-ring (bicyclic) bond motifs is 1. The number of rotatable bonds is 5. The molecule has 0 saturated heterocycles. The first-order valence-electron chi connectivity index (χ1n) is 9.06. The molecule has 0 spiro atoms. The fraction of sp³-hybridized carbons (Fsp3) is 0.500. The molecule has 0 atom stereocenters. The Morgan fingerprint density at radius 2 is 2.08 bits per heavy atom. The van der Waals surface area contributed by atoms with Crippen LogP contribution in [0.25, 0.3) is 21.3 Å². The van der Waals surface area contributed by atoms with E-state index in [-0.39, 0.29) is 0 Å². The quantitative estimate of drug-likeness (QED) is 0.730. The second-order valence-electron chi connectivity index (χ2n) is 8.03. The molecule has 1 fully saturated rings. The van der Waals surface area contributed by atoms with Crippen LogP contribution in [0.1, 0.15) is 44.0 Å². The molecule has 0 radical (unpaired) electrons. The first-order valence-corrected chi connectivity index (χ1v) is 9.87. The van der Waals surface area contributed by atoms with E-state index in [1.54, 1.807) is 0 Å². The number of hydrogen-bond acceptors (Lipinski definition) is 4. The Kier molecular flexibility index (Phi) is 4.16. The second kappa shape index (κ2) is 6.22. The van der Waals surface area contributed by atoms with Crippen molar-refractivity contribution in [1.82, 2.24) is 14.8 Å². The predicted octanol–water partition coefficient (Wildman–Crippen LogP) is 4.57. The summed E-state index contributed by atoms with van der Waals surface area (Å²) in [6.45, 7) is 5.50. The average molecular weight is 355 g/mol. The topological polar surface area (TPSA) is 56.7 Å². The van der Waals surface area contributed by atoms with Gasteiger partial charge in [-0.15, -0.1) is 11.3 Å². The van der Waals surface area contributed by atoms with Gasteiger partial charge in [-0.25, -0.2) is 4.98 Å². The Hall–Kier alpha value is -1.72. The first-order chi connectivity index (χ1) is 12.0. The third kappa shape index (κ3) is 3.11. The minimum atomic E-state index is 0.357. The largest absolute Gasteiger partial charge is 0.330 e. The van der Waals surface area contributed by atoms with Gasteiger partial charge in [-0.3, -0.25) is 4.68 Å². The van der Waals surface area contributed by atoms with Crippen LogP contribution in [0, 0.1) is 11.3 Å². The monoisotopic (exact) mass is 354 g/mol. The summed E-state index contributed by atoms with van der Waals surface area (Å²) < 4.78 is 3.12. The van der Waals surface area contributed by atoms with Gasteiger partial charge in [-0.05, 0) is 54.8 Å². The van der Waals surface area contributed by atoms with Crippen LogP contribution in [0.15, 0.2) is 30.6 Å². The van der Waals surface area contributed by atoms with Crippen LogP contribution in [-0.2, 0) is 7.05 Å². The molecule has 2 aromatic heterocycles. The lowest BCUT2D eigenvalue weighted by atomic mass is 9.61. The van der Waals surface area contributed by atoms with Gasteiger partial charge in [0.1, 0.15) is 0 Å². The van der Waals surface area contributed by atoms with Crippen molar-refractivity contribution in [2.75, 3.05) is 6.54 Å². The number of benzene rings is 1. The minimum Gasteiger partial charge on any atom is -0.330 e. The molecule has 0 unspecified atom stereocenters. The van der Waals surface area contributed by atoms with E-state index in [1.165, 1.54) is 28.1 Å². The third-order valence-corrected chi connectivity index (χ3v) is 7.01. The number of nitrogens with zero attached hydrogens (tertiary/aromatic N) is 3. The van der Waals surface area contributed by atoms with E-state index in [2.05, 4.69) is 43.3 Å². The maximum absolute atomic E-state index is 5.78. The first kappa shape index (κ1) is 16.7. The molecule has 1 saturated carbocycles. The van der Waals surface area contributed by atoms with Gasteiger partial charge in [0, 0.05) is 24.7 Å². The number of nitrogens with two attached hydrogens (primary N) is 1. The van der Waals surface area contributed by atoms with E-state index < -0.39 is 0 Å². The molecule has 0 amide bonds. The number of thiazole rings is 1. The minimum absolute atomic E-state index is 0.357. The zero-order chi connectivity index (χ0) is 17.6. The fourth-order valence-electron chi connectivity index (χ4n) is 3.90. The van der Waals surface area contributed by atoms with Crippen LogP contribution in [0.4, 0.5) is 0 Å². The van der Waals surface area contributed by atoms with E-state index in [0.717, 1.165) is 30.0 Å². The van der Waals surface area contributed by atoms with Crippen LogP contribution in [0.2, 0.25) is 0 Å². The molecule has 3 aromatic rings. The van der Waals surface area contributed by atoms with Crippen LogP contribution in [-0.4, -0.2) is 21.3 Å². The zero-order valence-electron chi connectivity index (χ0n) is 15.2. The van der Waals surface area contributed by atoms with E-state index in [0.29, 0.717) is 11.3 Å².